The Labute approximate surface area is 182 Å². The van der Waals surface area contributed by atoms with Gasteiger partial charge in [-0.2, -0.15) is 4.31 Å². The summed E-state index contributed by atoms with van der Waals surface area (Å²) in [7, 11) is -3.49. The van der Waals surface area contributed by atoms with Crippen LogP contribution in [0.4, 0.5) is 5.69 Å². The Morgan fingerprint density at radius 3 is 2.45 bits per heavy atom. The third kappa shape index (κ3) is 4.89. The number of piperazine rings is 1. The van der Waals surface area contributed by atoms with Crippen molar-refractivity contribution < 1.29 is 17.7 Å². The van der Waals surface area contributed by atoms with Crippen molar-refractivity contribution in [1.29, 1.82) is 0 Å². The highest BCUT2D eigenvalue weighted by Gasteiger charge is 2.31. The highest BCUT2D eigenvalue weighted by molar-refractivity contribution is 7.89. The van der Waals surface area contributed by atoms with Gasteiger partial charge >= 0.3 is 0 Å². The van der Waals surface area contributed by atoms with Gasteiger partial charge in [0, 0.05) is 32.1 Å². The Bertz CT molecular complexity index is 1060. The highest BCUT2D eigenvalue weighted by Crippen LogP contribution is 2.32. The summed E-state index contributed by atoms with van der Waals surface area (Å²) in [5, 5.41) is 6.84. The van der Waals surface area contributed by atoms with E-state index >= 15 is 0 Å². The van der Waals surface area contributed by atoms with Crippen LogP contribution in [0, 0.1) is 12.8 Å². The van der Waals surface area contributed by atoms with Gasteiger partial charge in [0.1, 0.15) is 11.4 Å². The van der Waals surface area contributed by atoms with Crippen molar-refractivity contribution in [3.63, 3.8) is 0 Å². The number of nitrogens with one attached hydrogen (secondary N) is 1. The van der Waals surface area contributed by atoms with Gasteiger partial charge in [0.15, 0.2) is 5.76 Å². The van der Waals surface area contributed by atoms with E-state index in [1.165, 1.54) is 0 Å². The SMILES string of the molecule is CCN1CCN(S(=O)(=O)c2ccc(C=Cc3onc(C)c3NC(=O)C3CC3)cc2)CC1. The molecule has 1 saturated heterocycles. The zero-order chi connectivity index (χ0) is 22.0. The van der Waals surface area contributed by atoms with Crippen molar-refractivity contribution in [2.45, 2.75) is 31.6 Å². The molecule has 1 aromatic carbocycles. The summed E-state index contributed by atoms with van der Waals surface area (Å²) in [4.78, 5) is 14.6. The van der Waals surface area contributed by atoms with Crippen LogP contribution < -0.4 is 5.32 Å². The van der Waals surface area contributed by atoms with Crippen molar-refractivity contribution in [3.05, 3.63) is 41.3 Å². The molecule has 0 radical (unpaired) electrons. The van der Waals surface area contributed by atoms with Crippen LogP contribution in [0.25, 0.3) is 12.2 Å². The first-order valence-electron chi connectivity index (χ1n) is 10.7. The lowest BCUT2D eigenvalue weighted by Gasteiger charge is -2.33. The second-order valence-corrected chi connectivity index (χ2v) is 9.95. The third-order valence-electron chi connectivity index (χ3n) is 5.81. The Kier molecular flexibility index (Phi) is 6.27. The maximum Gasteiger partial charge on any atom is 0.243 e. The molecule has 9 heteroatoms. The summed E-state index contributed by atoms with van der Waals surface area (Å²) in [6, 6.07) is 6.78. The maximum absolute atomic E-state index is 12.9. The summed E-state index contributed by atoms with van der Waals surface area (Å²) in [6.45, 7) is 7.34. The number of sulfonamides is 1. The first-order chi connectivity index (χ1) is 14.9. The van der Waals surface area contributed by atoms with Gasteiger partial charge in [-0.15, -0.1) is 0 Å². The summed E-state index contributed by atoms with van der Waals surface area (Å²) in [6.07, 6.45) is 5.38. The van der Waals surface area contributed by atoms with E-state index in [0.717, 1.165) is 38.0 Å². The summed E-state index contributed by atoms with van der Waals surface area (Å²) in [5.41, 5.74) is 2.03. The first-order valence-corrected chi connectivity index (χ1v) is 12.1. The maximum atomic E-state index is 12.9. The van der Waals surface area contributed by atoms with Gasteiger partial charge < -0.3 is 14.7 Å². The van der Waals surface area contributed by atoms with Crippen LogP contribution in [-0.4, -0.2) is 61.4 Å². The van der Waals surface area contributed by atoms with Gasteiger partial charge in [0.25, 0.3) is 0 Å². The quantitative estimate of drug-likeness (QED) is 0.706. The number of rotatable bonds is 7. The minimum absolute atomic E-state index is 0.00437. The van der Waals surface area contributed by atoms with Crippen LogP contribution in [0.5, 0.6) is 0 Å². The zero-order valence-electron chi connectivity index (χ0n) is 17.9. The number of amides is 1. The monoisotopic (exact) mass is 444 g/mol. The standard InChI is InChI=1S/C22H28N4O4S/c1-3-25-12-14-26(15-13-25)31(28,29)19-9-4-17(5-10-19)6-11-20-21(16(2)24-30-20)23-22(27)18-7-8-18/h4-6,9-11,18H,3,7-8,12-15H2,1-2H3,(H,23,27). The molecule has 4 rings (SSSR count). The summed E-state index contributed by atoms with van der Waals surface area (Å²) >= 11 is 0. The summed E-state index contributed by atoms with van der Waals surface area (Å²) < 4.78 is 32.7. The molecule has 2 fully saturated rings. The molecule has 0 bridgehead atoms. The lowest BCUT2D eigenvalue weighted by atomic mass is 10.2. The van der Waals surface area contributed by atoms with Crippen molar-refractivity contribution >= 4 is 33.8 Å². The molecule has 166 valence electrons. The molecule has 1 aliphatic carbocycles. The number of carbonyl (C=O) groups is 1. The smallest absolute Gasteiger partial charge is 0.243 e. The highest BCUT2D eigenvalue weighted by atomic mass is 32.2. The average Bonchev–Trinajstić information content (AvgIpc) is 3.58. The number of anilines is 1. The molecule has 0 unspecified atom stereocenters. The van der Waals surface area contributed by atoms with E-state index in [1.54, 1.807) is 41.6 Å². The number of nitrogens with zero attached hydrogens (tertiary/aromatic N) is 3. The number of benzene rings is 1. The normalized spacial score (nSPS) is 18.5. The van der Waals surface area contributed by atoms with Gasteiger partial charge in [0.05, 0.1) is 4.90 Å². The molecule has 2 aromatic rings. The topological polar surface area (TPSA) is 95.8 Å². The van der Waals surface area contributed by atoms with Gasteiger partial charge in [-0.3, -0.25) is 4.79 Å². The molecule has 1 saturated carbocycles. The number of aromatic nitrogens is 1. The molecule has 2 heterocycles. The molecule has 2 aliphatic rings. The molecule has 0 atom stereocenters. The van der Waals surface area contributed by atoms with E-state index in [9.17, 15) is 13.2 Å². The van der Waals surface area contributed by atoms with Gasteiger partial charge in [-0.1, -0.05) is 30.3 Å². The fraction of sp³-hybridized carbons (Fsp3) is 0.455. The molecule has 1 N–H and O–H groups in total. The van der Waals surface area contributed by atoms with E-state index in [1.807, 2.05) is 6.08 Å². The summed E-state index contributed by atoms with van der Waals surface area (Å²) in [5.74, 6) is 0.554. The number of hydrogen-bond donors (Lipinski definition) is 1. The fourth-order valence-corrected chi connectivity index (χ4v) is 5.00. The molecule has 1 aliphatic heterocycles. The van der Waals surface area contributed by atoms with Crippen molar-refractivity contribution in [1.82, 2.24) is 14.4 Å². The Balaban J connectivity index is 1.44. The predicted molar refractivity (Wildman–Crippen MR) is 119 cm³/mol. The van der Waals surface area contributed by atoms with Crippen LogP contribution in [-0.2, 0) is 14.8 Å². The second-order valence-electron chi connectivity index (χ2n) is 8.01. The predicted octanol–water partition coefficient (Wildman–Crippen LogP) is 2.83. The first kappa shape index (κ1) is 21.7. The van der Waals surface area contributed by atoms with E-state index in [0.29, 0.717) is 35.1 Å². The molecule has 1 amide bonds. The van der Waals surface area contributed by atoms with Gasteiger partial charge in [-0.05, 0) is 50.1 Å². The van der Waals surface area contributed by atoms with E-state index in [-0.39, 0.29) is 11.8 Å². The molecule has 0 spiro atoms. The average molecular weight is 445 g/mol. The number of hydrogen-bond acceptors (Lipinski definition) is 6. The van der Waals surface area contributed by atoms with Gasteiger partial charge in [0.2, 0.25) is 15.9 Å². The van der Waals surface area contributed by atoms with Crippen LogP contribution in [0.2, 0.25) is 0 Å². The minimum Gasteiger partial charge on any atom is -0.354 e. The Hall–Kier alpha value is -2.49. The third-order valence-corrected chi connectivity index (χ3v) is 7.72. The minimum atomic E-state index is -3.49. The number of carbonyl (C=O) groups excluding carboxylic acids is 1. The number of aryl methyl sites for hydroxylation is 1. The molecular formula is C22H28N4O4S. The van der Waals surface area contributed by atoms with E-state index < -0.39 is 10.0 Å². The van der Waals surface area contributed by atoms with E-state index in [4.69, 9.17) is 4.52 Å². The lowest BCUT2D eigenvalue weighted by Crippen LogP contribution is -2.48. The fourth-order valence-electron chi connectivity index (χ4n) is 3.58. The largest absolute Gasteiger partial charge is 0.354 e. The van der Waals surface area contributed by atoms with Crippen molar-refractivity contribution in [2.75, 3.05) is 38.0 Å². The van der Waals surface area contributed by atoms with Crippen LogP contribution >= 0.6 is 0 Å². The molecule has 1 aromatic heterocycles. The lowest BCUT2D eigenvalue weighted by molar-refractivity contribution is -0.117. The van der Waals surface area contributed by atoms with Crippen molar-refractivity contribution in [2.24, 2.45) is 5.92 Å². The Morgan fingerprint density at radius 2 is 1.84 bits per heavy atom. The molecule has 8 nitrogen and oxygen atoms in total. The second kappa shape index (κ2) is 8.94. The van der Waals surface area contributed by atoms with Crippen LogP contribution in [0.1, 0.15) is 36.8 Å². The number of likely N-dealkylation sites (N-methyl/N-ethyl adjacent to an activating group) is 1. The molecule has 31 heavy (non-hydrogen) atoms. The molecular weight excluding hydrogens is 416 g/mol. The van der Waals surface area contributed by atoms with E-state index in [2.05, 4.69) is 22.3 Å². The van der Waals surface area contributed by atoms with Crippen LogP contribution in [0.15, 0.2) is 33.7 Å². The van der Waals surface area contributed by atoms with Gasteiger partial charge in [-0.25, -0.2) is 8.42 Å². The van der Waals surface area contributed by atoms with Crippen LogP contribution in [0.3, 0.4) is 0 Å². The zero-order valence-corrected chi connectivity index (χ0v) is 18.7. The Morgan fingerprint density at radius 1 is 1.16 bits per heavy atom. The van der Waals surface area contributed by atoms with Crippen molar-refractivity contribution in [3.8, 4) is 0 Å².